The Balaban J connectivity index is 1.01. The summed E-state index contributed by atoms with van der Waals surface area (Å²) in [5, 5.41) is 21.1. The van der Waals surface area contributed by atoms with E-state index in [1.54, 1.807) is 6.07 Å². The van der Waals surface area contributed by atoms with Crippen LogP contribution in [0.25, 0.3) is 76.1 Å². The minimum absolute atomic E-state index is 0.263. The van der Waals surface area contributed by atoms with Crippen LogP contribution in [0.2, 0.25) is 0 Å². The molecule has 10 aromatic carbocycles. The van der Waals surface area contributed by atoms with Crippen molar-refractivity contribution in [2.75, 3.05) is 0 Å². The number of fused-ring (bicyclic) bond motifs is 5. The molecule has 0 unspecified atom stereocenters. The second kappa shape index (κ2) is 13.1. The molecule has 0 bridgehead atoms. The van der Waals surface area contributed by atoms with Crippen LogP contribution in [0.5, 0.6) is 28.7 Å². The van der Waals surface area contributed by atoms with Crippen molar-refractivity contribution >= 4 is 53.9 Å². The van der Waals surface area contributed by atoms with Crippen molar-refractivity contribution in [3.63, 3.8) is 0 Å². The molecule has 0 aliphatic heterocycles. The molecule has 1 N–H and O–H groups in total. The molecule has 55 heavy (non-hydrogen) atoms. The summed E-state index contributed by atoms with van der Waals surface area (Å²) in [5.41, 5.74) is 7.14. The molecule has 0 saturated carbocycles. The molecule has 0 aliphatic carbocycles. The van der Waals surface area contributed by atoms with E-state index in [0.29, 0.717) is 0 Å². The lowest BCUT2D eigenvalue weighted by molar-refractivity contribution is 0.476. The highest BCUT2D eigenvalue weighted by Gasteiger charge is 2.16. The minimum Gasteiger partial charge on any atom is -0.508 e. The second-order valence-electron chi connectivity index (χ2n) is 14.3. The van der Waals surface area contributed by atoms with Crippen molar-refractivity contribution in [3.05, 3.63) is 187 Å². The van der Waals surface area contributed by atoms with Gasteiger partial charge in [0.25, 0.3) is 0 Å². The molecule has 10 aromatic rings. The van der Waals surface area contributed by atoms with E-state index in [1.807, 2.05) is 48.5 Å². The summed E-state index contributed by atoms with van der Waals surface area (Å²) in [6.45, 7) is 4.33. The first-order valence-corrected chi connectivity index (χ1v) is 18.6. The van der Waals surface area contributed by atoms with Gasteiger partial charge in [-0.25, -0.2) is 0 Å². The van der Waals surface area contributed by atoms with E-state index in [1.165, 1.54) is 38.4 Å². The third kappa shape index (κ3) is 5.60. The third-order valence-corrected chi connectivity index (χ3v) is 10.9. The van der Waals surface area contributed by atoms with E-state index >= 15 is 0 Å². The van der Waals surface area contributed by atoms with E-state index in [9.17, 15) is 5.11 Å². The van der Waals surface area contributed by atoms with Crippen molar-refractivity contribution in [2.24, 2.45) is 0 Å². The molecule has 0 amide bonds. The number of phenolic OH excluding ortho intramolecular Hbond substituents is 1. The molecule has 262 valence electrons. The Labute approximate surface area is 319 Å². The summed E-state index contributed by atoms with van der Waals surface area (Å²) < 4.78 is 13.5. The average Bonchev–Trinajstić information content (AvgIpc) is 3.20. The normalized spacial score (nSPS) is 11.5. The Hall–Kier alpha value is -7.10. The predicted molar refractivity (Wildman–Crippen MR) is 229 cm³/mol. The van der Waals surface area contributed by atoms with Crippen LogP contribution in [0, 0.1) is 13.8 Å². The Morgan fingerprint density at radius 1 is 0.345 bits per heavy atom. The van der Waals surface area contributed by atoms with Gasteiger partial charge in [0.15, 0.2) is 0 Å². The second-order valence-corrected chi connectivity index (χ2v) is 14.3. The number of aromatic hydroxyl groups is 1. The summed E-state index contributed by atoms with van der Waals surface area (Å²) >= 11 is 0. The lowest BCUT2D eigenvalue weighted by Crippen LogP contribution is -1.92. The standard InChI is InChI=1S/C52H36O3/c1-32-22-26-42-46(51(32)44-15-5-11-34-10-3-4-14-39(34)44)17-8-20-49(42)54-38-25-29-41-36(31-38)13-7-19-48(41)55-50-21-9-18-47-43(50)27-23-33(2)52(47)45-16-6-12-35-30-37(53)24-28-40(35)45/h3-31,53H,1-2H3. The van der Waals surface area contributed by atoms with E-state index in [-0.39, 0.29) is 5.75 Å². The van der Waals surface area contributed by atoms with Gasteiger partial charge in [-0.15, -0.1) is 0 Å². The molecule has 0 saturated heterocycles. The van der Waals surface area contributed by atoms with Gasteiger partial charge in [0.05, 0.1) is 0 Å². The maximum absolute atomic E-state index is 10.1. The minimum atomic E-state index is 0.263. The summed E-state index contributed by atoms with van der Waals surface area (Å²) in [5.74, 6) is 3.41. The van der Waals surface area contributed by atoms with Gasteiger partial charge >= 0.3 is 0 Å². The van der Waals surface area contributed by atoms with Gasteiger partial charge in [0.1, 0.15) is 28.7 Å². The van der Waals surface area contributed by atoms with Crippen LogP contribution in [-0.2, 0) is 0 Å². The third-order valence-electron chi connectivity index (χ3n) is 10.9. The maximum atomic E-state index is 10.1. The Morgan fingerprint density at radius 3 is 1.51 bits per heavy atom. The molecule has 3 heteroatoms. The number of ether oxygens (including phenoxy) is 2. The lowest BCUT2D eigenvalue weighted by Gasteiger charge is -2.17. The van der Waals surface area contributed by atoms with Gasteiger partial charge in [0.2, 0.25) is 0 Å². The molecule has 0 atom stereocenters. The van der Waals surface area contributed by atoms with Crippen molar-refractivity contribution in [2.45, 2.75) is 13.8 Å². The fourth-order valence-electron chi connectivity index (χ4n) is 8.33. The number of aryl methyl sites for hydroxylation is 2. The number of benzene rings is 10. The van der Waals surface area contributed by atoms with E-state index < -0.39 is 0 Å². The zero-order chi connectivity index (χ0) is 37.0. The van der Waals surface area contributed by atoms with Crippen LogP contribution in [0.3, 0.4) is 0 Å². The van der Waals surface area contributed by atoms with Gasteiger partial charge in [-0.2, -0.15) is 0 Å². The topological polar surface area (TPSA) is 38.7 Å². The molecule has 0 aromatic heterocycles. The van der Waals surface area contributed by atoms with Crippen molar-refractivity contribution in [3.8, 4) is 51.0 Å². The van der Waals surface area contributed by atoms with Crippen LogP contribution in [0.1, 0.15) is 11.1 Å². The van der Waals surface area contributed by atoms with Gasteiger partial charge in [-0.1, -0.05) is 127 Å². The Kier molecular flexibility index (Phi) is 7.74. The van der Waals surface area contributed by atoms with E-state index in [4.69, 9.17) is 9.47 Å². The Bertz CT molecular complexity index is 3130. The predicted octanol–water partition coefficient (Wildman–Crippen LogP) is 14.7. The lowest BCUT2D eigenvalue weighted by atomic mass is 9.90. The van der Waals surface area contributed by atoms with Crippen LogP contribution < -0.4 is 9.47 Å². The maximum Gasteiger partial charge on any atom is 0.135 e. The average molecular weight is 709 g/mol. The highest BCUT2D eigenvalue weighted by Crippen LogP contribution is 2.43. The highest BCUT2D eigenvalue weighted by atomic mass is 16.5. The van der Waals surface area contributed by atoms with Crippen LogP contribution in [0.4, 0.5) is 0 Å². The number of hydrogen-bond donors (Lipinski definition) is 1. The van der Waals surface area contributed by atoms with Gasteiger partial charge < -0.3 is 14.6 Å². The molecule has 0 aliphatic rings. The van der Waals surface area contributed by atoms with Crippen molar-refractivity contribution in [1.82, 2.24) is 0 Å². The molecule has 0 spiro atoms. The molecule has 3 nitrogen and oxygen atoms in total. The largest absolute Gasteiger partial charge is 0.508 e. The molecular formula is C52H36O3. The first-order chi connectivity index (χ1) is 27.0. The first kappa shape index (κ1) is 32.5. The van der Waals surface area contributed by atoms with Crippen LogP contribution >= 0.6 is 0 Å². The smallest absolute Gasteiger partial charge is 0.135 e. The van der Waals surface area contributed by atoms with E-state index in [2.05, 4.69) is 135 Å². The number of hydrogen-bond acceptors (Lipinski definition) is 3. The van der Waals surface area contributed by atoms with Crippen LogP contribution in [-0.4, -0.2) is 5.11 Å². The fraction of sp³-hybridized carbons (Fsp3) is 0.0385. The molecule has 0 radical (unpaired) electrons. The molecular weight excluding hydrogens is 673 g/mol. The highest BCUT2D eigenvalue weighted by molar-refractivity contribution is 6.09. The molecule has 10 rings (SSSR count). The van der Waals surface area contributed by atoms with E-state index in [0.717, 1.165) is 71.8 Å². The van der Waals surface area contributed by atoms with Gasteiger partial charge in [0, 0.05) is 16.2 Å². The molecule has 0 heterocycles. The summed E-state index contributed by atoms with van der Waals surface area (Å²) in [6, 6.07) is 60.5. The summed E-state index contributed by atoms with van der Waals surface area (Å²) in [6.07, 6.45) is 0. The van der Waals surface area contributed by atoms with Crippen molar-refractivity contribution in [1.29, 1.82) is 0 Å². The Morgan fingerprint density at radius 2 is 0.818 bits per heavy atom. The summed E-state index contributed by atoms with van der Waals surface area (Å²) in [7, 11) is 0. The monoisotopic (exact) mass is 708 g/mol. The molecule has 0 fully saturated rings. The summed E-state index contributed by atoms with van der Waals surface area (Å²) in [4.78, 5) is 0. The number of phenols is 1. The van der Waals surface area contributed by atoms with Gasteiger partial charge in [-0.05, 0) is 133 Å². The zero-order valence-electron chi connectivity index (χ0n) is 30.5. The zero-order valence-corrected chi connectivity index (χ0v) is 30.5. The first-order valence-electron chi connectivity index (χ1n) is 18.6. The van der Waals surface area contributed by atoms with Crippen LogP contribution in [0.15, 0.2) is 176 Å². The van der Waals surface area contributed by atoms with Crippen molar-refractivity contribution < 1.29 is 14.6 Å². The number of rotatable bonds is 6. The SMILES string of the molecule is Cc1ccc2c(Oc3ccc4c(Oc5cccc6c(-c7cccc8cc(O)ccc78)c(C)ccc56)cccc4c3)cccc2c1-c1cccc2ccccc12. The van der Waals surface area contributed by atoms with Gasteiger partial charge in [-0.3, -0.25) is 0 Å². The fourth-order valence-corrected chi connectivity index (χ4v) is 8.33. The quantitative estimate of drug-likeness (QED) is 0.187.